The molecule has 0 saturated carbocycles. The van der Waals surface area contributed by atoms with Crippen molar-refractivity contribution in [2.75, 3.05) is 7.05 Å². The van der Waals surface area contributed by atoms with Crippen LogP contribution in [0.2, 0.25) is 0 Å². The van der Waals surface area contributed by atoms with E-state index < -0.39 is 0 Å². The van der Waals surface area contributed by atoms with E-state index in [4.69, 9.17) is 4.74 Å². The Morgan fingerprint density at radius 3 is 2.48 bits per heavy atom. The molecule has 3 heteroatoms. The Bertz CT molecular complexity index is 617. The number of rotatable bonds is 4. The summed E-state index contributed by atoms with van der Waals surface area (Å²) in [5, 5.41) is 3.00. The molecule has 0 aliphatic carbocycles. The molecule has 0 unspecified atom stereocenters. The molecule has 0 aliphatic heterocycles. The summed E-state index contributed by atoms with van der Waals surface area (Å²) in [7, 11) is 1.83. The second-order valence-electron chi connectivity index (χ2n) is 6.17. The van der Waals surface area contributed by atoms with Crippen LogP contribution in [0.15, 0.2) is 42.5 Å². The van der Waals surface area contributed by atoms with Gasteiger partial charge in [0.05, 0.1) is 0 Å². The van der Waals surface area contributed by atoms with Crippen molar-refractivity contribution in [3.63, 3.8) is 0 Å². The van der Waals surface area contributed by atoms with Gasteiger partial charge in [-0.25, -0.2) is 4.39 Å². The fraction of sp³-hybridized carbons (Fsp3) is 0.333. The molecule has 0 atom stereocenters. The molecule has 0 aromatic heterocycles. The van der Waals surface area contributed by atoms with Gasteiger partial charge >= 0.3 is 0 Å². The van der Waals surface area contributed by atoms with Gasteiger partial charge in [0.1, 0.15) is 5.75 Å². The SMILES string of the molecule is CNCc1ccc(Oc2cccc(C(C)(C)C)c2)c(F)c1. The molecule has 1 N–H and O–H groups in total. The minimum absolute atomic E-state index is 0.0363. The highest BCUT2D eigenvalue weighted by Crippen LogP contribution is 2.29. The first-order chi connectivity index (χ1) is 9.90. The van der Waals surface area contributed by atoms with Crippen molar-refractivity contribution in [3.05, 3.63) is 59.4 Å². The topological polar surface area (TPSA) is 21.3 Å². The van der Waals surface area contributed by atoms with E-state index in [0.29, 0.717) is 12.3 Å². The maximum Gasteiger partial charge on any atom is 0.166 e. The van der Waals surface area contributed by atoms with E-state index in [1.807, 2.05) is 31.3 Å². The largest absolute Gasteiger partial charge is 0.454 e. The van der Waals surface area contributed by atoms with Gasteiger partial charge in [-0.3, -0.25) is 0 Å². The van der Waals surface area contributed by atoms with Crippen LogP contribution in [0.25, 0.3) is 0 Å². The van der Waals surface area contributed by atoms with Crippen molar-refractivity contribution in [3.8, 4) is 11.5 Å². The molecule has 0 spiro atoms. The lowest BCUT2D eigenvalue weighted by molar-refractivity contribution is 0.439. The highest BCUT2D eigenvalue weighted by molar-refractivity contribution is 5.38. The van der Waals surface area contributed by atoms with E-state index in [1.165, 1.54) is 6.07 Å². The van der Waals surface area contributed by atoms with Crippen LogP contribution in [-0.2, 0) is 12.0 Å². The first-order valence-corrected chi connectivity index (χ1v) is 7.11. The molecule has 2 nitrogen and oxygen atoms in total. The molecule has 112 valence electrons. The summed E-state index contributed by atoms with van der Waals surface area (Å²) < 4.78 is 19.7. The standard InChI is InChI=1S/C18H22FNO/c1-18(2,3)14-6-5-7-15(11-14)21-17-9-8-13(12-20-4)10-16(17)19/h5-11,20H,12H2,1-4H3. The Morgan fingerprint density at radius 2 is 1.86 bits per heavy atom. The summed E-state index contributed by atoms with van der Waals surface area (Å²) in [6, 6.07) is 12.8. The van der Waals surface area contributed by atoms with Crippen LogP contribution in [0, 0.1) is 5.82 Å². The Hall–Kier alpha value is -1.87. The summed E-state index contributed by atoms with van der Waals surface area (Å²) in [6.07, 6.45) is 0. The molecule has 2 aromatic carbocycles. The van der Waals surface area contributed by atoms with E-state index in [0.717, 1.165) is 11.1 Å². The Labute approximate surface area is 126 Å². The molecule has 2 aromatic rings. The third-order valence-electron chi connectivity index (χ3n) is 3.31. The number of halogens is 1. The van der Waals surface area contributed by atoms with Gasteiger partial charge in [-0.15, -0.1) is 0 Å². The Morgan fingerprint density at radius 1 is 1.10 bits per heavy atom. The van der Waals surface area contributed by atoms with Crippen molar-refractivity contribution in [2.45, 2.75) is 32.7 Å². The summed E-state index contributed by atoms with van der Waals surface area (Å²) in [5.41, 5.74) is 2.09. The zero-order valence-electron chi connectivity index (χ0n) is 13.0. The molecule has 2 rings (SSSR count). The smallest absolute Gasteiger partial charge is 0.166 e. The van der Waals surface area contributed by atoms with Crippen LogP contribution in [-0.4, -0.2) is 7.05 Å². The number of nitrogens with one attached hydrogen (secondary N) is 1. The van der Waals surface area contributed by atoms with Gasteiger partial charge in [0.25, 0.3) is 0 Å². The minimum atomic E-state index is -0.344. The molecule has 21 heavy (non-hydrogen) atoms. The van der Waals surface area contributed by atoms with Crippen LogP contribution in [0.4, 0.5) is 4.39 Å². The van der Waals surface area contributed by atoms with E-state index in [1.54, 1.807) is 6.07 Å². The van der Waals surface area contributed by atoms with Gasteiger partial charge in [0.15, 0.2) is 11.6 Å². The van der Waals surface area contributed by atoms with Gasteiger partial charge in [0, 0.05) is 6.54 Å². The molecule has 0 heterocycles. The van der Waals surface area contributed by atoms with Crippen LogP contribution >= 0.6 is 0 Å². The fourth-order valence-corrected chi connectivity index (χ4v) is 2.09. The van der Waals surface area contributed by atoms with Gasteiger partial charge in [-0.1, -0.05) is 39.0 Å². The second-order valence-corrected chi connectivity index (χ2v) is 6.17. The predicted molar refractivity (Wildman–Crippen MR) is 84.4 cm³/mol. The molecule has 0 radical (unpaired) electrons. The van der Waals surface area contributed by atoms with E-state index >= 15 is 0 Å². The first-order valence-electron chi connectivity index (χ1n) is 7.11. The average Bonchev–Trinajstić information content (AvgIpc) is 2.42. The summed E-state index contributed by atoms with van der Waals surface area (Å²) in [6.45, 7) is 7.05. The van der Waals surface area contributed by atoms with Crippen molar-refractivity contribution in [2.24, 2.45) is 0 Å². The highest BCUT2D eigenvalue weighted by atomic mass is 19.1. The lowest BCUT2D eigenvalue weighted by Gasteiger charge is -2.19. The van der Waals surface area contributed by atoms with Crippen LogP contribution < -0.4 is 10.1 Å². The van der Waals surface area contributed by atoms with Crippen molar-refractivity contribution < 1.29 is 9.13 Å². The predicted octanol–water partition coefficient (Wildman–Crippen LogP) is 4.63. The first kappa shape index (κ1) is 15.5. The molecule has 0 bridgehead atoms. The van der Waals surface area contributed by atoms with Crippen molar-refractivity contribution >= 4 is 0 Å². The Kier molecular flexibility index (Phi) is 4.63. The summed E-state index contributed by atoms with van der Waals surface area (Å²) in [4.78, 5) is 0. The van der Waals surface area contributed by atoms with Crippen molar-refractivity contribution in [1.82, 2.24) is 5.32 Å². The Balaban J connectivity index is 2.22. The molecule has 0 amide bonds. The quantitative estimate of drug-likeness (QED) is 0.885. The average molecular weight is 287 g/mol. The van der Waals surface area contributed by atoms with E-state index in [-0.39, 0.29) is 17.0 Å². The number of benzene rings is 2. The normalized spacial score (nSPS) is 11.5. The van der Waals surface area contributed by atoms with Gasteiger partial charge in [-0.2, -0.15) is 0 Å². The second kappa shape index (κ2) is 6.27. The van der Waals surface area contributed by atoms with Crippen LogP contribution in [0.1, 0.15) is 31.9 Å². The molecule has 0 aliphatic rings. The lowest BCUT2D eigenvalue weighted by atomic mass is 9.87. The molecule has 0 fully saturated rings. The summed E-state index contributed by atoms with van der Waals surface area (Å²) in [5.74, 6) is 0.563. The monoisotopic (exact) mass is 287 g/mol. The number of hydrogen-bond acceptors (Lipinski definition) is 2. The van der Waals surface area contributed by atoms with Gasteiger partial charge < -0.3 is 10.1 Å². The van der Waals surface area contributed by atoms with Gasteiger partial charge in [-0.05, 0) is 47.9 Å². The fourth-order valence-electron chi connectivity index (χ4n) is 2.09. The maximum atomic E-state index is 14.0. The number of hydrogen-bond donors (Lipinski definition) is 1. The summed E-state index contributed by atoms with van der Waals surface area (Å²) >= 11 is 0. The highest BCUT2D eigenvalue weighted by Gasteiger charge is 2.14. The third kappa shape index (κ3) is 4.05. The molecule has 0 saturated heterocycles. The zero-order chi connectivity index (χ0) is 15.5. The molecular weight excluding hydrogens is 265 g/mol. The maximum absolute atomic E-state index is 14.0. The molecular formula is C18H22FNO. The van der Waals surface area contributed by atoms with Crippen molar-refractivity contribution in [1.29, 1.82) is 0 Å². The third-order valence-corrected chi connectivity index (χ3v) is 3.31. The lowest BCUT2D eigenvalue weighted by Crippen LogP contribution is -2.10. The minimum Gasteiger partial charge on any atom is -0.454 e. The van der Waals surface area contributed by atoms with Crippen LogP contribution in [0.3, 0.4) is 0 Å². The van der Waals surface area contributed by atoms with Crippen LogP contribution in [0.5, 0.6) is 11.5 Å². The van der Waals surface area contributed by atoms with E-state index in [2.05, 4.69) is 32.2 Å². The number of ether oxygens (including phenoxy) is 1. The van der Waals surface area contributed by atoms with Gasteiger partial charge in [0.2, 0.25) is 0 Å². The van der Waals surface area contributed by atoms with E-state index in [9.17, 15) is 4.39 Å². The zero-order valence-corrected chi connectivity index (χ0v) is 13.0.